The lowest BCUT2D eigenvalue weighted by atomic mass is 9.95. The highest BCUT2D eigenvalue weighted by Gasteiger charge is 2.12. The lowest BCUT2D eigenvalue weighted by Crippen LogP contribution is -2.29. The van der Waals surface area contributed by atoms with E-state index >= 15 is 0 Å². The summed E-state index contributed by atoms with van der Waals surface area (Å²) < 4.78 is 5.13. The van der Waals surface area contributed by atoms with E-state index in [-0.39, 0.29) is 6.04 Å². The molecule has 3 heteroatoms. The van der Waals surface area contributed by atoms with Crippen molar-refractivity contribution in [2.45, 2.75) is 32.7 Å². The molecule has 2 unspecified atom stereocenters. The first-order chi connectivity index (χ1) is 7.71. The summed E-state index contributed by atoms with van der Waals surface area (Å²) in [4.78, 5) is 0. The first kappa shape index (κ1) is 13.0. The molecule has 0 amide bonds. The second-order valence-electron chi connectivity index (χ2n) is 4.24. The summed E-state index contributed by atoms with van der Waals surface area (Å²) in [6.45, 7) is 4.44. The third kappa shape index (κ3) is 3.51. The first-order valence-electron chi connectivity index (χ1n) is 5.81. The Morgan fingerprint density at radius 3 is 2.38 bits per heavy atom. The van der Waals surface area contributed by atoms with Gasteiger partial charge in [0.25, 0.3) is 0 Å². The van der Waals surface area contributed by atoms with Gasteiger partial charge in [-0.3, -0.25) is 11.3 Å². The zero-order valence-corrected chi connectivity index (χ0v) is 10.4. The third-order valence-corrected chi connectivity index (χ3v) is 3.05. The van der Waals surface area contributed by atoms with Gasteiger partial charge < -0.3 is 4.74 Å². The van der Waals surface area contributed by atoms with Gasteiger partial charge in [0.1, 0.15) is 5.75 Å². The molecule has 0 spiro atoms. The van der Waals surface area contributed by atoms with Crippen LogP contribution in [0.3, 0.4) is 0 Å². The van der Waals surface area contributed by atoms with Crippen LogP contribution in [-0.4, -0.2) is 7.11 Å². The van der Waals surface area contributed by atoms with Crippen molar-refractivity contribution in [3.8, 4) is 5.75 Å². The zero-order chi connectivity index (χ0) is 12.0. The number of hydrogen-bond donors (Lipinski definition) is 2. The Kier molecular flexibility index (Phi) is 5.29. The van der Waals surface area contributed by atoms with Crippen LogP contribution in [0, 0.1) is 5.92 Å². The minimum atomic E-state index is 0.223. The molecule has 1 aromatic rings. The molecule has 16 heavy (non-hydrogen) atoms. The van der Waals surface area contributed by atoms with Crippen LogP contribution < -0.4 is 16.0 Å². The van der Waals surface area contributed by atoms with Crippen molar-refractivity contribution >= 4 is 0 Å². The standard InChI is InChI=1S/C13H22N2O/c1-4-10(2)9-13(15-14)11-5-7-12(16-3)8-6-11/h5-8,10,13,15H,4,9,14H2,1-3H3. The van der Waals surface area contributed by atoms with Crippen LogP contribution in [0.1, 0.15) is 38.3 Å². The van der Waals surface area contributed by atoms with Crippen molar-refractivity contribution in [3.63, 3.8) is 0 Å². The number of nitrogens with two attached hydrogens (primary N) is 1. The van der Waals surface area contributed by atoms with Gasteiger partial charge in [-0.05, 0) is 30.0 Å². The van der Waals surface area contributed by atoms with Gasteiger partial charge in [0.15, 0.2) is 0 Å². The minimum Gasteiger partial charge on any atom is -0.497 e. The molecule has 0 heterocycles. The second kappa shape index (κ2) is 6.51. The van der Waals surface area contributed by atoms with Gasteiger partial charge in [0, 0.05) is 6.04 Å². The molecule has 0 radical (unpaired) electrons. The van der Waals surface area contributed by atoms with Crippen molar-refractivity contribution < 1.29 is 4.74 Å². The third-order valence-electron chi connectivity index (χ3n) is 3.05. The van der Waals surface area contributed by atoms with Crippen LogP contribution in [0.4, 0.5) is 0 Å². The Balaban J connectivity index is 2.70. The molecule has 1 aromatic carbocycles. The molecule has 0 aromatic heterocycles. The summed E-state index contributed by atoms with van der Waals surface area (Å²) in [5.41, 5.74) is 4.09. The van der Waals surface area contributed by atoms with E-state index in [1.54, 1.807) is 7.11 Å². The molecule has 1 rings (SSSR count). The monoisotopic (exact) mass is 222 g/mol. The second-order valence-corrected chi connectivity index (χ2v) is 4.24. The average Bonchev–Trinajstić information content (AvgIpc) is 2.35. The number of hydrogen-bond acceptors (Lipinski definition) is 3. The molecule has 0 aliphatic carbocycles. The molecule has 2 atom stereocenters. The number of rotatable bonds is 6. The number of methoxy groups -OCH3 is 1. The Labute approximate surface area is 98.0 Å². The SMILES string of the molecule is CCC(C)CC(NN)c1ccc(OC)cc1. The topological polar surface area (TPSA) is 47.3 Å². The molecule has 0 fully saturated rings. The largest absolute Gasteiger partial charge is 0.497 e. The van der Waals surface area contributed by atoms with Crippen molar-refractivity contribution in [2.75, 3.05) is 7.11 Å². The summed E-state index contributed by atoms with van der Waals surface area (Å²) in [5, 5.41) is 0. The fraction of sp³-hybridized carbons (Fsp3) is 0.538. The number of benzene rings is 1. The van der Waals surface area contributed by atoms with E-state index in [1.165, 1.54) is 12.0 Å². The van der Waals surface area contributed by atoms with Crippen LogP contribution in [0.15, 0.2) is 24.3 Å². The fourth-order valence-electron chi connectivity index (χ4n) is 1.71. The first-order valence-corrected chi connectivity index (χ1v) is 5.81. The predicted octanol–water partition coefficient (Wildman–Crippen LogP) is 2.64. The summed E-state index contributed by atoms with van der Waals surface area (Å²) in [7, 11) is 1.67. The highest BCUT2D eigenvalue weighted by Crippen LogP contribution is 2.23. The molecule has 90 valence electrons. The van der Waals surface area contributed by atoms with E-state index in [2.05, 4.69) is 31.4 Å². The lowest BCUT2D eigenvalue weighted by Gasteiger charge is -2.20. The molecule has 3 N–H and O–H groups in total. The molecule has 3 nitrogen and oxygen atoms in total. The molecule has 0 bridgehead atoms. The Bertz CT molecular complexity index is 297. The van der Waals surface area contributed by atoms with Crippen molar-refractivity contribution in [1.29, 1.82) is 0 Å². The van der Waals surface area contributed by atoms with E-state index in [0.29, 0.717) is 5.92 Å². The number of ether oxygens (including phenoxy) is 1. The summed E-state index contributed by atoms with van der Waals surface area (Å²) in [6.07, 6.45) is 2.23. The molecular weight excluding hydrogens is 200 g/mol. The van der Waals surface area contributed by atoms with Crippen molar-refractivity contribution in [2.24, 2.45) is 11.8 Å². The molecule has 0 aliphatic heterocycles. The summed E-state index contributed by atoms with van der Waals surface area (Å²) in [6, 6.07) is 8.28. The highest BCUT2D eigenvalue weighted by molar-refractivity contribution is 5.29. The minimum absolute atomic E-state index is 0.223. The lowest BCUT2D eigenvalue weighted by molar-refractivity contribution is 0.403. The van der Waals surface area contributed by atoms with Crippen LogP contribution in [0.25, 0.3) is 0 Å². The Morgan fingerprint density at radius 1 is 1.31 bits per heavy atom. The number of nitrogens with one attached hydrogen (secondary N) is 1. The van der Waals surface area contributed by atoms with Crippen molar-refractivity contribution in [3.05, 3.63) is 29.8 Å². The summed E-state index contributed by atoms with van der Waals surface area (Å²) in [5.74, 6) is 7.14. The smallest absolute Gasteiger partial charge is 0.118 e. The summed E-state index contributed by atoms with van der Waals surface area (Å²) >= 11 is 0. The number of hydrazine groups is 1. The molecular formula is C13H22N2O. The van der Waals surface area contributed by atoms with Crippen LogP contribution in [0.2, 0.25) is 0 Å². The van der Waals surface area contributed by atoms with Crippen LogP contribution in [-0.2, 0) is 0 Å². The Hall–Kier alpha value is -1.06. The van der Waals surface area contributed by atoms with Gasteiger partial charge in [-0.25, -0.2) is 0 Å². The van der Waals surface area contributed by atoms with Crippen molar-refractivity contribution in [1.82, 2.24) is 5.43 Å². The van der Waals surface area contributed by atoms with Gasteiger partial charge >= 0.3 is 0 Å². The maximum atomic E-state index is 5.60. The average molecular weight is 222 g/mol. The van der Waals surface area contributed by atoms with E-state index < -0.39 is 0 Å². The normalized spacial score (nSPS) is 14.5. The van der Waals surface area contributed by atoms with E-state index in [4.69, 9.17) is 10.6 Å². The van der Waals surface area contributed by atoms with E-state index in [9.17, 15) is 0 Å². The van der Waals surface area contributed by atoms with Gasteiger partial charge in [-0.2, -0.15) is 0 Å². The van der Waals surface area contributed by atoms with Gasteiger partial charge in [-0.15, -0.1) is 0 Å². The maximum Gasteiger partial charge on any atom is 0.118 e. The molecule has 0 saturated carbocycles. The van der Waals surface area contributed by atoms with Crippen LogP contribution in [0.5, 0.6) is 5.75 Å². The Morgan fingerprint density at radius 2 is 1.94 bits per heavy atom. The molecule has 0 aliphatic rings. The zero-order valence-electron chi connectivity index (χ0n) is 10.4. The fourth-order valence-corrected chi connectivity index (χ4v) is 1.71. The van der Waals surface area contributed by atoms with E-state index in [0.717, 1.165) is 12.2 Å². The van der Waals surface area contributed by atoms with Gasteiger partial charge in [0.05, 0.1) is 7.11 Å². The van der Waals surface area contributed by atoms with Crippen LogP contribution >= 0.6 is 0 Å². The maximum absolute atomic E-state index is 5.60. The van der Waals surface area contributed by atoms with Gasteiger partial charge in [0.2, 0.25) is 0 Å². The molecule has 0 saturated heterocycles. The quantitative estimate of drug-likeness (QED) is 0.574. The highest BCUT2D eigenvalue weighted by atomic mass is 16.5. The predicted molar refractivity (Wildman–Crippen MR) is 67.1 cm³/mol. The van der Waals surface area contributed by atoms with E-state index in [1.807, 2.05) is 12.1 Å². The van der Waals surface area contributed by atoms with Gasteiger partial charge in [-0.1, -0.05) is 32.4 Å².